The summed E-state index contributed by atoms with van der Waals surface area (Å²) in [5.41, 5.74) is 1.21. The predicted octanol–water partition coefficient (Wildman–Crippen LogP) is 2.58. The lowest BCUT2D eigenvalue weighted by atomic mass is 9.84. The van der Waals surface area contributed by atoms with E-state index in [1.165, 1.54) is 5.56 Å². The van der Waals surface area contributed by atoms with Crippen molar-refractivity contribution in [3.63, 3.8) is 0 Å². The van der Waals surface area contributed by atoms with Crippen LogP contribution < -0.4 is 0 Å². The van der Waals surface area contributed by atoms with Gasteiger partial charge in [0.15, 0.2) is 0 Å². The number of ether oxygens (including phenoxy) is 1. The van der Waals surface area contributed by atoms with Gasteiger partial charge in [-0.05, 0) is 18.4 Å². The Morgan fingerprint density at radius 1 is 1.31 bits per heavy atom. The molecule has 1 aliphatic heterocycles. The van der Waals surface area contributed by atoms with Crippen molar-refractivity contribution in [1.82, 2.24) is 0 Å². The first-order valence-electron chi connectivity index (χ1n) is 6.10. The summed E-state index contributed by atoms with van der Waals surface area (Å²) in [4.78, 5) is 0. The van der Waals surface area contributed by atoms with Crippen LogP contribution in [0.15, 0.2) is 30.3 Å². The molecule has 0 bridgehead atoms. The lowest BCUT2D eigenvalue weighted by Gasteiger charge is -2.30. The fourth-order valence-corrected chi connectivity index (χ4v) is 2.40. The Hall–Kier alpha value is -0.860. The molecule has 88 valence electrons. The molecule has 0 radical (unpaired) electrons. The summed E-state index contributed by atoms with van der Waals surface area (Å²) in [6, 6.07) is 10.2. The van der Waals surface area contributed by atoms with Crippen molar-refractivity contribution in [2.24, 2.45) is 5.92 Å². The molecule has 0 spiro atoms. The summed E-state index contributed by atoms with van der Waals surface area (Å²) in [5.74, 6) is 0.483. The van der Waals surface area contributed by atoms with Gasteiger partial charge >= 0.3 is 0 Å². The first-order chi connectivity index (χ1) is 7.79. The van der Waals surface area contributed by atoms with E-state index in [0.717, 1.165) is 19.4 Å². The van der Waals surface area contributed by atoms with E-state index in [1.54, 1.807) is 0 Å². The molecule has 3 unspecified atom stereocenters. The molecular formula is C14H20O2. The molecule has 1 saturated heterocycles. The summed E-state index contributed by atoms with van der Waals surface area (Å²) in [5, 5.41) is 10.3. The van der Waals surface area contributed by atoms with E-state index in [-0.39, 0.29) is 12.0 Å². The average Bonchev–Trinajstić information content (AvgIpc) is 2.39. The maximum Gasteiger partial charge on any atom is 0.0656 e. The summed E-state index contributed by atoms with van der Waals surface area (Å²) in [6.07, 6.45) is 1.87. The monoisotopic (exact) mass is 220 g/mol. The second-order valence-electron chi connectivity index (χ2n) is 4.67. The van der Waals surface area contributed by atoms with Crippen molar-refractivity contribution in [3.05, 3.63) is 35.9 Å². The minimum absolute atomic E-state index is 0.188. The molecular weight excluding hydrogens is 200 g/mol. The third kappa shape index (κ3) is 2.63. The van der Waals surface area contributed by atoms with Crippen LogP contribution in [0.3, 0.4) is 0 Å². The highest BCUT2D eigenvalue weighted by molar-refractivity contribution is 5.20. The number of benzene rings is 1. The Labute approximate surface area is 97.3 Å². The summed E-state index contributed by atoms with van der Waals surface area (Å²) in [6.45, 7) is 3.65. The first kappa shape index (κ1) is 11.6. The molecule has 2 nitrogen and oxygen atoms in total. The smallest absolute Gasteiger partial charge is 0.0656 e. The van der Waals surface area contributed by atoms with E-state index in [9.17, 15) is 5.11 Å². The molecule has 1 N–H and O–H groups in total. The molecule has 1 heterocycles. The van der Waals surface area contributed by atoms with Gasteiger partial charge < -0.3 is 9.84 Å². The molecule has 0 aliphatic carbocycles. The predicted molar refractivity (Wildman–Crippen MR) is 64.4 cm³/mol. The Bertz CT molecular complexity index is 304. The molecule has 1 aromatic carbocycles. The van der Waals surface area contributed by atoms with Crippen molar-refractivity contribution in [2.45, 2.75) is 31.8 Å². The standard InChI is InChI=1S/C14H20O2/c1-11(12-6-3-2-4-7-12)14(15)13-8-5-9-16-10-13/h2-4,6-7,11,13-15H,5,8-10H2,1H3. The lowest BCUT2D eigenvalue weighted by molar-refractivity contribution is -0.0173. The van der Waals surface area contributed by atoms with Gasteiger partial charge in [-0.2, -0.15) is 0 Å². The number of rotatable bonds is 3. The molecule has 2 heteroatoms. The Morgan fingerprint density at radius 3 is 2.69 bits per heavy atom. The third-order valence-electron chi connectivity index (χ3n) is 3.52. The van der Waals surface area contributed by atoms with Crippen molar-refractivity contribution in [2.75, 3.05) is 13.2 Å². The molecule has 3 atom stereocenters. The van der Waals surface area contributed by atoms with Gasteiger partial charge in [-0.3, -0.25) is 0 Å². The highest BCUT2D eigenvalue weighted by Crippen LogP contribution is 2.28. The zero-order chi connectivity index (χ0) is 11.4. The lowest BCUT2D eigenvalue weighted by Crippen LogP contribution is -2.32. The molecule has 2 rings (SSSR count). The van der Waals surface area contributed by atoms with Crippen LogP contribution in [0, 0.1) is 5.92 Å². The van der Waals surface area contributed by atoms with Crippen LogP contribution in [0.4, 0.5) is 0 Å². The quantitative estimate of drug-likeness (QED) is 0.848. The van der Waals surface area contributed by atoms with E-state index in [4.69, 9.17) is 4.74 Å². The van der Waals surface area contributed by atoms with Gasteiger partial charge in [0.2, 0.25) is 0 Å². The minimum atomic E-state index is -0.289. The van der Waals surface area contributed by atoms with Crippen molar-refractivity contribution in [3.8, 4) is 0 Å². The van der Waals surface area contributed by atoms with E-state index in [1.807, 2.05) is 18.2 Å². The highest BCUT2D eigenvalue weighted by atomic mass is 16.5. The molecule has 0 amide bonds. The topological polar surface area (TPSA) is 29.5 Å². The van der Waals surface area contributed by atoms with Gasteiger partial charge in [-0.15, -0.1) is 0 Å². The van der Waals surface area contributed by atoms with Crippen LogP contribution in [-0.2, 0) is 4.74 Å². The van der Waals surface area contributed by atoms with E-state index in [2.05, 4.69) is 19.1 Å². The Morgan fingerprint density at radius 2 is 2.06 bits per heavy atom. The van der Waals surface area contributed by atoms with Crippen LogP contribution >= 0.6 is 0 Å². The second-order valence-corrected chi connectivity index (χ2v) is 4.67. The summed E-state index contributed by atoms with van der Waals surface area (Å²) >= 11 is 0. The summed E-state index contributed by atoms with van der Waals surface area (Å²) in [7, 11) is 0. The average molecular weight is 220 g/mol. The summed E-state index contributed by atoms with van der Waals surface area (Å²) < 4.78 is 5.43. The van der Waals surface area contributed by atoms with Crippen LogP contribution in [0.25, 0.3) is 0 Å². The van der Waals surface area contributed by atoms with Gasteiger partial charge in [0.05, 0.1) is 12.7 Å². The van der Waals surface area contributed by atoms with Crippen LogP contribution in [-0.4, -0.2) is 24.4 Å². The molecule has 16 heavy (non-hydrogen) atoms. The normalized spacial score (nSPS) is 25.0. The van der Waals surface area contributed by atoms with Gasteiger partial charge in [-0.1, -0.05) is 37.3 Å². The van der Waals surface area contributed by atoms with E-state index in [0.29, 0.717) is 12.5 Å². The molecule has 0 saturated carbocycles. The molecule has 1 fully saturated rings. The molecule has 0 aromatic heterocycles. The zero-order valence-electron chi connectivity index (χ0n) is 9.80. The maximum absolute atomic E-state index is 10.3. The number of hydrogen-bond acceptors (Lipinski definition) is 2. The van der Waals surface area contributed by atoms with E-state index < -0.39 is 0 Å². The highest BCUT2D eigenvalue weighted by Gasteiger charge is 2.27. The SMILES string of the molecule is CC(c1ccccc1)C(O)C1CCCOC1. The maximum atomic E-state index is 10.3. The third-order valence-corrected chi connectivity index (χ3v) is 3.52. The van der Waals surface area contributed by atoms with Crippen molar-refractivity contribution in [1.29, 1.82) is 0 Å². The van der Waals surface area contributed by atoms with Gasteiger partial charge in [0.25, 0.3) is 0 Å². The van der Waals surface area contributed by atoms with Gasteiger partial charge in [0.1, 0.15) is 0 Å². The minimum Gasteiger partial charge on any atom is -0.392 e. The zero-order valence-corrected chi connectivity index (χ0v) is 9.80. The fourth-order valence-electron chi connectivity index (χ4n) is 2.40. The van der Waals surface area contributed by atoms with E-state index >= 15 is 0 Å². The Kier molecular flexibility index (Phi) is 3.97. The molecule has 1 aliphatic rings. The molecule has 1 aromatic rings. The van der Waals surface area contributed by atoms with Crippen LogP contribution in [0.1, 0.15) is 31.2 Å². The fraction of sp³-hybridized carbons (Fsp3) is 0.571. The second kappa shape index (κ2) is 5.46. The first-order valence-corrected chi connectivity index (χ1v) is 6.10. The van der Waals surface area contributed by atoms with Crippen molar-refractivity contribution < 1.29 is 9.84 Å². The van der Waals surface area contributed by atoms with Crippen molar-refractivity contribution >= 4 is 0 Å². The van der Waals surface area contributed by atoms with Gasteiger partial charge in [-0.25, -0.2) is 0 Å². The van der Waals surface area contributed by atoms with Crippen LogP contribution in [0.2, 0.25) is 0 Å². The largest absolute Gasteiger partial charge is 0.392 e. The number of aliphatic hydroxyl groups is 1. The van der Waals surface area contributed by atoms with Crippen LogP contribution in [0.5, 0.6) is 0 Å². The number of hydrogen-bond donors (Lipinski definition) is 1. The van der Waals surface area contributed by atoms with Gasteiger partial charge in [0, 0.05) is 18.4 Å². The number of aliphatic hydroxyl groups excluding tert-OH is 1. The Balaban J connectivity index is 2.00.